The normalized spacial score (nSPS) is 12.9. The third-order valence-corrected chi connectivity index (χ3v) is 10.6. The highest BCUT2D eigenvalue weighted by atomic mass is 16.6. The standard InChI is InChI=1S/C57H94O6/c1-4-7-10-13-16-18-20-22-24-26-27-28-29-30-31-32-34-35-37-39-41-44-47-50-56(59)62-53-54(52-61-55(58)49-46-43-15-12-9-6-3)63-57(60)51-48-45-42-40-38-36-33-25-23-21-19-17-14-11-8-5-2/h7,10,16,18,22,24-25,27-28,30-31,33-35,39,41,54H,4-6,8-9,11-15,17,19-21,23,26,29,32,36-38,40,42-53H2,1-3H3/b10-7-,18-16-,24-22-,28-27-,31-30-,33-25-,35-34-,41-39-. The second-order valence-electron chi connectivity index (χ2n) is 16.7. The summed E-state index contributed by atoms with van der Waals surface area (Å²) in [7, 11) is 0. The van der Waals surface area contributed by atoms with Gasteiger partial charge >= 0.3 is 17.9 Å². The molecule has 0 rings (SSSR count). The van der Waals surface area contributed by atoms with Gasteiger partial charge in [-0.15, -0.1) is 0 Å². The minimum Gasteiger partial charge on any atom is -0.462 e. The van der Waals surface area contributed by atoms with Crippen molar-refractivity contribution in [2.75, 3.05) is 13.2 Å². The topological polar surface area (TPSA) is 78.9 Å². The molecule has 63 heavy (non-hydrogen) atoms. The van der Waals surface area contributed by atoms with Crippen LogP contribution in [0.25, 0.3) is 0 Å². The second-order valence-corrected chi connectivity index (χ2v) is 16.7. The van der Waals surface area contributed by atoms with Gasteiger partial charge in [0.15, 0.2) is 6.10 Å². The summed E-state index contributed by atoms with van der Waals surface area (Å²) in [5.74, 6) is -0.984. The molecule has 358 valence electrons. The van der Waals surface area contributed by atoms with E-state index >= 15 is 0 Å². The van der Waals surface area contributed by atoms with Gasteiger partial charge in [-0.05, 0) is 96.3 Å². The smallest absolute Gasteiger partial charge is 0.306 e. The fourth-order valence-electron chi connectivity index (χ4n) is 6.72. The maximum Gasteiger partial charge on any atom is 0.306 e. The van der Waals surface area contributed by atoms with Gasteiger partial charge in [-0.3, -0.25) is 14.4 Å². The molecule has 0 bridgehead atoms. The zero-order chi connectivity index (χ0) is 45.8. The van der Waals surface area contributed by atoms with Crippen molar-refractivity contribution in [2.24, 2.45) is 0 Å². The molecule has 6 nitrogen and oxygen atoms in total. The maximum absolute atomic E-state index is 12.7. The van der Waals surface area contributed by atoms with Crippen molar-refractivity contribution in [2.45, 2.75) is 232 Å². The number of carbonyl (C=O) groups excluding carboxylic acids is 3. The quantitative estimate of drug-likeness (QED) is 0.0262. The maximum atomic E-state index is 12.7. The van der Waals surface area contributed by atoms with E-state index in [4.69, 9.17) is 14.2 Å². The first kappa shape index (κ1) is 59.3. The molecule has 0 heterocycles. The van der Waals surface area contributed by atoms with Crippen molar-refractivity contribution >= 4 is 17.9 Å². The van der Waals surface area contributed by atoms with Crippen LogP contribution in [0.3, 0.4) is 0 Å². The van der Waals surface area contributed by atoms with E-state index in [1.54, 1.807) is 0 Å². The molecule has 0 amide bonds. The number of allylic oxidation sites excluding steroid dienone is 16. The summed E-state index contributed by atoms with van der Waals surface area (Å²) in [5.41, 5.74) is 0. The molecule has 0 aromatic carbocycles. The lowest BCUT2D eigenvalue weighted by Gasteiger charge is -2.18. The number of ether oxygens (including phenoxy) is 3. The van der Waals surface area contributed by atoms with Crippen molar-refractivity contribution in [3.05, 3.63) is 97.2 Å². The fraction of sp³-hybridized carbons (Fsp3) is 0.667. The van der Waals surface area contributed by atoms with Crippen LogP contribution < -0.4 is 0 Å². The van der Waals surface area contributed by atoms with Crippen LogP contribution in [0.4, 0.5) is 0 Å². The van der Waals surface area contributed by atoms with Gasteiger partial charge < -0.3 is 14.2 Å². The molecule has 0 spiro atoms. The lowest BCUT2D eigenvalue weighted by atomic mass is 10.1. The Morgan fingerprint density at radius 3 is 1.05 bits per heavy atom. The van der Waals surface area contributed by atoms with Crippen molar-refractivity contribution in [1.29, 1.82) is 0 Å². The monoisotopic (exact) mass is 875 g/mol. The molecule has 0 radical (unpaired) electrons. The average Bonchev–Trinajstić information content (AvgIpc) is 3.28. The summed E-state index contributed by atoms with van der Waals surface area (Å²) in [6.45, 7) is 6.39. The van der Waals surface area contributed by atoms with Crippen LogP contribution in [-0.4, -0.2) is 37.2 Å². The van der Waals surface area contributed by atoms with E-state index < -0.39 is 6.10 Å². The van der Waals surface area contributed by atoms with E-state index in [0.29, 0.717) is 19.3 Å². The Morgan fingerprint density at radius 2 is 0.635 bits per heavy atom. The average molecular weight is 875 g/mol. The molecule has 6 heteroatoms. The summed E-state index contributed by atoms with van der Waals surface area (Å²) in [6.07, 6.45) is 67.1. The summed E-state index contributed by atoms with van der Waals surface area (Å²) < 4.78 is 16.6. The molecule has 0 aromatic rings. The van der Waals surface area contributed by atoms with Gasteiger partial charge in [0.2, 0.25) is 0 Å². The number of unbranched alkanes of at least 4 members (excludes halogenated alkanes) is 18. The van der Waals surface area contributed by atoms with Crippen LogP contribution in [0.5, 0.6) is 0 Å². The largest absolute Gasteiger partial charge is 0.462 e. The molecule has 0 aliphatic heterocycles. The highest BCUT2D eigenvalue weighted by Gasteiger charge is 2.19. The molecule has 0 aliphatic carbocycles. The first-order valence-corrected chi connectivity index (χ1v) is 25.7. The number of hydrogen-bond donors (Lipinski definition) is 0. The third-order valence-electron chi connectivity index (χ3n) is 10.6. The minimum atomic E-state index is -0.802. The van der Waals surface area contributed by atoms with Crippen molar-refractivity contribution < 1.29 is 28.6 Å². The Balaban J connectivity index is 4.34. The van der Waals surface area contributed by atoms with Crippen LogP contribution in [0.15, 0.2) is 97.2 Å². The van der Waals surface area contributed by atoms with Gasteiger partial charge in [-0.1, -0.05) is 208 Å². The van der Waals surface area contributed by atoms with Gasteiger partial charge in [0.05, 0.1) is 0 Å². The highest BCUT2D eigenvalue weighted by molar-refractivity contribution is 5.71. The molecule has 0 saturated heterocycles. The SMILES string of the molecule is CC/C=C\C/C=C\C/C=C\C/C=C\C/C=C\C/C=C\C/C=C\CCCC(=O)OCC(COC(=O)CCCCCCCC)OC(=O)CCCCCCC/C=C\CCCCCCCCC. The molecular weight excluding hydrogens is 781 g/mol. The fourth-order valence-corrected chi connectivity index (χ4v) is 6.72. The van der Waals surface area contributed by atoms with E-state index in [9.17, 15) is 14.4 Å². The van der Waals surface area contributed by atoms with Crippen molar-refractivity contribution in [3.8, 4) is 0 Å². The zero-order valence-electron chi connectivity index (χ0n) is 40.8. The zero-order valence-corrected chi connectivity index (χ0v) is 40.8. The van der Waals surface area contributed by atoms with E-state index in [1.807, 2.05) is 0 Å². The van der Waals surface area contributed by atoms with Crippen molar-refractivity contribution in [1.82, 2.24) is 0 Å². The molecule has 1 atom stereocenters. The van der Waals surface area contributed by atoms with Gasteiger partial charge in [0.25, 0.3) is 0 Å². The van der Waals surface area contributed by atoms with Crippen LogP contribution in [0.1, 0.15) is 226 Å². The molecule has 0 aliphatic rings. The Kier molecular flexibility index (Phi) is 48.0. The summed E-state index contributed by atoms with van der Waals surface area (Å²) in [5, 5.41) is 0. The van der Waals surface area contributed by atoms with E-state index in [1.165, 1.54) is 77.0 Å². The predicted molar refractivity (Wildman–Crippen MR) is 270 cm³/mol. The Labute approximate surface area is 387 Å². The van der Waals surface area contributed by atoms with Crippen molar-refractivity contribution in [3.63, 3.8) is 0 Å². The lowest BCUT2D eigenvalue weighted by Crippen LogP contribution is -2.30. The van der Waals surface area contributed by atoms with Gasteiger partial charge in [-0.25, -0.2) is 0 Å². The summed E-state index contributed by atoms with van der Waals surface area (Å²) >= 11 is 0. The molecular formula is C57H94O6. The third kappa shape index (κ3) is 49.2. The molecule has 0 N–H and O–H groups in total. The highest BCUT2D eigenvalue weighted by Crippen LogP contribution is 2.13. The van der Waals surface area contributed by atoms with Crippen LogP contribution in [0.2, 0.25) is 0 Å². The van der Waals surface area contributed by atoms with Gasteiger partial charge in [0, 0.05) is 19.3 Å². The number of esters is 3. The first-order chi connectivity index (χ1) is 31.0. The van der Waals surface area contributed by atoms with Crippen LogP contribution in [-0.2, 0) is 28.6 Å². The predicted octanol–water partition coefficient (Wildman–Crippen LogP) is 17.0. The van der Waals surface area contributed by atoms with E-state index in [0.717, 1.165) is 103 Å². The Bertz CT molecular complexity index is 1280. The first-order valence-electron chi connectivity index (χ1n) is 25.7. The lowest BCUT2D eigenvalue weighted by molar-refractivity contribution is -0.167. The minimum absolute atomic E-state index is 0.0997. The molecule has 0 aromatic heterocycles. The molecule has 0 saturated carbocycles. The van der Waals surface area contributed by atoms with Gasteiger partial charge in [-0.2, -0.15) is 0 Å². The number of hydrogen-bond acceptors (Lipinski definition) is 6. The molecule has 0 fully saturated rings. The Hall–Kier alpha value is -3.67. The van der Waals surface area contributed by atoms with Crippen LogP contribution in [0, 0.1) is 0 Å². The van der Waals surface area contributed by atoms with E-state index in [-0.39, 0.29) is 37.5 Å². The number of carbonyl (C=O) groups is 3. The van der Waals surface area contributed by atoms with Crippen LogP contribution >= 0.6 is 0 Å². The van der Waals surface area contributed by atoms with E-state index in [2.05, 4.69) is 118 Å². The summed E-state index contributed by atoms with van der Waals surface area (Å²) in [4.78, 5) is 37.7. The molecule has 1 unspecified atom stereocenters. The Morgan fingerprint density at radius 1 is 0.333 bits per heavy atom. The summed E-state index contributed by atoms with van der Waals surface area (Å²) in [6, 6.07) is 0. The van der Waals surface area contributed by atoms with Gasteiger partial charge in [0.1, 0.15) is 13.2 Å². The number of rotatable bonds is 45. The second kappa shape index (κ2) is 51.0.